The van der Waals surface area contributed by atoms with Crippen LogP contribution in [-0.4, -0.2) is 16.1 Å². The third-order valence-electron chi connectivity index (χ3n) is 2.98. The van der Waals surface area contributed by atoms with E-state index in [0.29, 0.717) is 10.5 Å². The summed E-state index contributed by atoms with van der Waals surface area (Å²) in [6, 6.07) is 14.4. The predicted molar refractivity (Wildman–Crippen MR) is 96.3 cm³/mol. The summed E-state index contributed by atoms with van der Waals surface area (Å²) in [7, 11) is -0.817. The molecule has 1 unspecified atom stereocenters. The maximum Gasteiger partial charge on any atom is 0.440 e. The number of benzene rings is 2. The summed E-state index contributed by atoms with van der Waals surface area (Å²) in [5.74, 6) is -0.362. The fourth-order valence-electron chi connectivity index (χ4n) is 1.87. The topological polar surface area (TPSA) is 38.7 Å². The molecule has 0 heterocycles. The third-order valence-corrected chi connectivity index (χ3v) is 4.96. The maximum absolute atomic E-state index is 12.9. The summed E-state index contributed by atoms with van der Waals surface area (Å²) in [4.78, 5) is 12.8. The lowest BCUT2D eigenvalue weighted by Crippen LogP contribution is -2.22. The zero-order valence-electron chi connectivity index (χ0n) is 12.5. The fourth-order valence-corrected chi connectivity index (χ4v) is 3.28. The van der Waals surface area contributed by atoms with Gasteiger partial charge in [0, 0.05) is 4.90 Å². The summed E-state index contributed by atoms with van der Waals surface area (Å²) >= 11 is 17.8. The first-order valence-corrected chi connectivity index (χ1v) is 9.45. The number of carbonyl (C=O) groups excluding carboxylic acids is 1. The van der Waals surface area contributed by atoms with Gasteiger partial charge in [0.25, 0.3) is 0 Å². The van der Waals surface area contributed by atoms with Crippen LogP contribution in [0, 0.1) is 5.82 Å². The molecule has 0 aliphatic rings. The third kappa shape index (κ3) is 5.45. The number of halogens is 4. The Kier molecular flexibility index (Phi) is 6.63. The van der Waals surface area contributed by atoms with E-state index in [4.69, 9.17) is 39.5 Å². The molecule has 3 nitrogen and oxygen atoms in total. The van der Waals surface area contributed by atoms with Crippen LogP contribution in [0.25, 0.3) is 0 Å². The van der Waals surface area contributed by atoms with Gasteiger partial charge in [0.15, 0.2) is 6.10 Å². The Morgan fingerprint density at radius 3 is 2.25 bits per heavy atom. The molecule has 0 radical (unpaired) electrons. The van der Waals surface area contributed by atoms with Crippen molar-refractivity contribution in [3.8, 4) is 0 Å². The van der Waals surface area contributed by atoms with Gasteiger partial charge in [-0.25, -0.2) is 9.18 Å². The van der Waals surface area contributed by atoms with E-state index in [-0.39, 0.29) is 5.82 Å². The first kappa shape index (κ1) is 19.2. The number of alkyl halides is 3. The molecule has 0 fully saturated rings. The molecular weight excluding hydrogens is 396 g/mol. The Morgan fingerprint density at radius 1 is 1.12 bits per heavy atom. The van der Waals surface area contributed by atoms with E-state index in [0.717, 1.165) is 0 Å². The van der Waals surface area contributed by atoms with E-state index in [1.165, 1.54) is 12.1 Å². The Morgan fingerprint density at radius 2 is 1.71 bits per heavy atom. The maximum atomic E-state index is 12.9. The second-order valence-corrected chi connectivity index (χ2v) is 8.72. The van der Waals surface area contributed by atoms with Crippen molar-refractivity contribution in [3.05, 3.63) is 66.0 Å². The number of amides is 1. The SMILES string of the molecule is C/S(=N\C(=O)O[C@@H](c1ccccc1)C(Cl)(Cl)Cl)c1ccc(F)cc1. The molecule has 0 bridgehead atoms. The van der Waals surface area contributed by atoms with Crippen molar-refractivity contribution in [1.29, 1.82) is 0 Å². The van der Waals surface area contributed by atoms with Gasteiger partial charge in [-0.3, -0.25) is 0 Å². The van der Waals surface area contributed by atoms with Crippen LogP contribution in [0.1, 0.15) is 11.7 Å². The second-order valence-electron chi connectivity index (χ2n) is 4.74. The summed E-state index contributed by atoms with van der Waals surface area (Å²) in [5, 5.41) is 0. The fraction of sp³-hybridized carbons (Fsp3) is 0.188. The number of ether oxygens (including phenoxy) is 1. The van der Waals surface area contributed by atoms with Crippen LogP contribution in [-0.2, 0) is 15.4 Å². The van der Waals surface area contributed by atoms with Gasteiger partial charge in [-0.15, -0.1) is 4.36 Å². The van der Waals surface area contributed by atoms with Gasteiger partial charge in [-0.2, -0.15) is 0 Å². The smallest absolute Gasteiger partial charge is 0.435 e. The Hall–Kier alpha value is -1.14. The van der Waals surface area contributed by atoms with Crippen LogP contribution < -0.4 is 0 Å². The molecule has 8 heteroatoms. The molecule has 0 aliphatic carbocycles. The van der Waals surface area contributed by atoms with E-state index in [1.54, 1.807) is 48.7 Å². The van der Waals surface area contributed by atoms with Crippen molar-refractivity contribution in [3.63, 3.8) is 0 Å². The Balaban J connectivity index is 2.19. The van der Waals surface area contributed by atoms with Crippen molar-refractivity contribution in [2.45, 2.75) is 14.8 Å². The van der Waals surface area contributed by atoms with Gasteiger partial charge >= 0.3 is 6.09 Å². The van der Waals surface area contributed by atoms with Crippen LogP contribution >= 0.6 is 34.8 Å². The number of hydrogen-bond acceptors (Lipinski definition) is 2. The average molecular weight is 409 g/mol. The Labute approximate surface area is 156 Å². The molecule has 2 rings (SSSR count). The minimum absolute atomic E-state index is 0.362. The van der Waals surface area contributed by atoms with Crippen molar-refractivity contribution >= 4 is 51.6 Å². The molecule has 1 amide bonds. The number of carbonyl (C=O) groups is 1. The summed E-state index contributed by atoms with van der Waals surface area (Å²) in [6.07, 6.45) is -0.239. The van der Waals surface area contributed by atoms with E-state index in [2.05, 4.69) is 4.36 Å². The van der Waals surface area contributed by atoms with Crippen molar-refractivity contribution in [2.75, 3.05) is 6.26 Å². The van der Waals surface area contributed by atoms with Gasteiger partial charge < -0.3 is 4.74 Å². The van der Waals surface area contributed by atoms with Gasteiger partial charge in [0.05, 0.1) is 0 Å². The standard InChI is InChI=1S/C16H13Cl3FNO2S/c1-24(13-9-7-12(20)8-10-13)21-15(22)23-14(16(17,18)19)11-5-3-2-4-6-11/h2-10,14H,1H3/t14-,24?/m0/s1. The largest absolute Gasteiger partial charge is 0.440 e. The highest BCUT2D eigenvalue weighted by Crippen LogP contribution is 2.42. The van der Waals surface area contributed by atoms with Crippen LogP contribution in [0.2, 0.25) is 0 Å². The highest BCUT2D eigenvalue weighted by Gasteiger charge is 2.37. The first-order chi connectivity index (χ1) is 11.3. The zero-order valence-corrected chi connectivity index (χ0v) is 15.5. The van der Waals surface area contributed by atoms with Crippen molar-refractivity contribution in [2.24, 2.45) is 4.36 Å². The molecule has 0 N–H and O–H groups in total. The lowest BCUT2D eigenvalue weighted by molar-refractivity contribution is 0.109. The van der Waals surface area contributed by atoms with Gasteiger partial charge in [-0.1, -0.05) is 75.8 Å². The van der Waals surface area contributed by atoms with E-state index < -0.39 is 26.7 Å². The molecule has 24 heavy (non-hydrogen) atoms. The molecule has 2 aromatic carbocycles. The molecule has 0 saturated carbocycles. The van der Waals surface area contributed by atoms with Gasteiger partial charge in [-0.05, 0) is 36.1 Å². The van der Waals surface area contributed by atoms with Crippen LogP contribution in [0.3, 0.4) is 0 Å². The monoisotopic (exact) mass is 407 g/mol. The first-order valence-electron chi connectivity index (χ1n) is 6.73. The van der Waals surface area contributed by atoms with E-state index >= 15 is 0 Å². The molecule has 128 valence electrons. The van der Waals surface area contributed by atoms with Crippen molar-refractivity contribution < 1.29 is 13.9 Å². The van der Waals surface area contributed by atoms with Crippen molar-refractivity contribution in [1.82, 2.24) is 0 Å². The molecule has 2 atom stereocenters. The molecule has 2 aromatic rings. The Bertz CT molecular complexity index is 733. The van der Waals surface area contributed by atoms with Crippen LogP contribution in [0.5, 0.6) is 0 Å². The lowest BCUT2D eigenvalue weighted by Gasteiger charge is -2.23. The van der Waals surface area contributed by atoms with Crippen LogP contribution in [0.4, 0.5) is 9.18 Å². The highest BCUT2D eigenvalue weighted by atomic mass is 35.6. The second kappa shape index (κ2) is 8.30. The predicted octanol–water partition coefficient (Wildman–Crippen LogP) is 5.86. The zero-order chi connectivity index (χ0) is 17.7. The summed E-state index contributed by atoms with van der Waals surface area (Å²) < 4.78 is 20.3. The molecular formula is C16H13Cl3FNO2S. The normalized spacial score (nSPS) is 14.2. The number of nitrogens with zero attached hydrogens (tertiary/aromatic N) is 1. The summed E-state index contributed by atoms with van der Waals surface area (Å²) in [6.45, 7) is 0. The van der Waals surface area contributed by atoms with Gasteiger partial charge in [0.2, 0.25) is 3.79 Å². The highest BCUT2D eigenvalue weighted by molar-refractivity contribution is 7.86. The summed E-state index contributed by atoms with van der Waals surface area (Å²) in [5.41, 5.74) is 0.541. The lowest BCUT2D eigenvalue weighted by atomic mass is 10.1. The molecule has 0 aromatic heterocycles. The molecule has 0 spiro atoms. The minimum atomic E-state index is -1.84. The average Bonchev–Trinajstić information content (AvgIpc) is 2.53. The molecule has 0 saturated heterocycles. The van der Waals surface area contributed by atoms with E-state index in [1.807, 2.05) is 0 Å². The number of rotatable bonds is 3. The number of hydrogen-bond donors (Lipinski definition) is 0. The van der Waals surface area contributed by atoms with Crippen LogP contribution in [0.15, 0.2) is 63.9 Å². The van der Waals surface area contributed by atoms with Gasteiger partial charge in [0.1, 0.15) is 5.82 Å². The quantitative estimate of drug-likeness (QED) is 0.596. The van der Waals surface area contributed by atoms with E-state index in [9.17, 15) is 9.18 Å². The minimum Gasteiger partial charge on any atom is -0.435 e. The molecule has 0 aliphatic heterocycles.